The fourth-order valence-electron chi connectivity index (χ4n) is 3.11. The van der Waals surface area contributed by atoms with Crippen LogP contribution >= 0.6 is 11.3 Å². The molecule has 1 N–H and O–H groups in total. The van der Waals surface area contributed by atoms with Crippen LogP contribution in [0.2, 0.25) is 0 Å². The molecule has 0 radical (unpaired) electrons. The molecular formula is C18H23N2O3S-. The van der Waals surface area contributed by atoms with Gasteiger partial charge in [-0.05, 0) is 49.0 Å². The quantitative estimate of drug-likeness (QED) is 0.886. The average molecular weight is 347 g/mol. The van der Waals surface area contributed by atoms with Crippen LogP contribution < -0.4 is 10.4 Å². The molecule has 0 fully saturated rings. The summed E-state index contributed by atoms with van der Waals surface area (Å²) in [5, 5.41) is 23.3. The van der Waals surface area contributed by atoms with Crippen molar-refractivity contribution in [3.63, 3.8) is 0 Å². The van der Waals surface area contributed by atoms with Crippen molar-refractivity contribution in [1.82, 2.24) is 0 Å². The molecule has 24 heavy (non-hydrogen) atoms. The number of carboxylic acid groups (broad SMARTS) is 1. The number of aliphatic carboxylic acids is 1. The Hall–Kier alpha value is -1.87. The molecule has 1 heterocycles. The van der Waals surface area contributed by atoms with Crippen LogP contribution in [0.3, 0.4) is 0 Å². The number of nitriles is 1. The Morgan fingerprint density at radius 1 is 1.38 bits per heavy atom. The van der Waals surface area contributed by atoms with Gasteiger partial charge in [0.15, 0.2) is 0 Å². The van der Waals surface area contributed by atoms with E-state index in [2.05, 4.69) is 32.2 Å². The number of amides is 1. The van der Waals surface area contributed by atoms with Gasteiger partial charge < -0.3 is 15.2 Å². The Balaban J connectivity index is 2.10. The summed E-state index contributed by atoms with van der Waals surface area (Å²) in [6.45, 7) is 6.71. The van der Waals surface area contributed by atoms with Gasteiger partial charge in [-0.25, -0.2) is 0 Å². The Bertz CT molecular complexity index is 680. The monoisotopic (exact) mass is 347 g/mol. The number of carboxylic acids is 1. The third-order valence-electron chi connectivity index (χ3n) is 4.64. The first kappa shape index (κ1) is 18.5. The van der Waals surface area contributed by atoms with Crippen molar-refractivity contribution in [2.24, 2.45) is 11.3 Å². The average Bonchev–Trinajstić information content (AvgIpc) is 2.81. The Labute approximate surface area is 146 Å². The summed E-state index contributed by atoms with van der Waals surface area (Å²) in [5.74, 6) is -0.833. The third kappa shape index (κ3) is 4.35. The number of rotatable bonds is 5. The summed E-state index contributed by atoms with van der Waals surface area (Å²) in [6.07, 6.45) is 3.10. The zero-order valence-corrected chi connectivity index (χ0v) is 15.2. The molecular weight excluding hydrogens is 324 g/mol. The summed E-state index contributed by atoms with van der Waals surface area (Å²) in [6, 6.07) is 2.23. The molecule has 1 amide bonds. The van der Waals surface area contributed by atoms with Crippen LogP contribution in [-0.4, -0.2) is 11.9 Å². The second-order valence-corrected chi connectivity index (χ2v) is 8.50. The van der Waals surface area contributed by atoms with Gasteiger partial charge in [0.1, 0.15) is 11.1 Å². The van der Waals surface area contributed by atoms with E-state index in [0.717, 1.165) is 24.8 Å². The smallest absolute Gasteiger partial charge is 0.225 e. The second kappa shape index (κ2) is 7.35. The van der Waals surface area contributed by atoms with Crippen molar-refractivity contribution in [2.45, 2.75) is 59.3 Å². The summed E-state index contributed by atoms with van der Waals surface area (Å²) in [4.78, 5) is 23.6. The second-order valence-electron chi connectivity index (χ2n) is 7.40. The molecule has 0 saturated heterocycles. The molecule has 1 aromatic heterocycles. The number of hydrogen-bond acceptors (Lipinski definition) is 5. The van der Waals surface area contributed by atoms with Gasteiger partial charge in [-0.2, -0.15) is 5.26 Å². The number of nitrogens with zero attached hydrogens (tertiary/aromatic N) is 1. The molecule has 0 bridgehead atoms. The molecule has 0 unspecified atom stereocenters. The Morgan fingerprint density at radius 2 is 2.08 bits per heavy atom. The van der Waals surface area contributed by atoms with Gasteiger partial charge in [-0.1, -0.05) is 20.8 Å². The predicted octanol–water partition coefficient (Wildman–Crippen LogP) is 2.63. The topological polar surface area (TPSA) is 93.0 Å². The van der Waals surface area contributed by atoms with Crippen LogP contribution in [0.5, 0.6) is 0 Å². The maximum absolute atomic E-state index is 12.0. The minimum atomic E-state index is -1.15. The maximum Gasteiger partial charge on any atom is 0.225 e. The van der Waals surface area contributed by atoms with Crippen molar-refractivity contribution in [2.75, 3.05) is 5.32 Å². The minimum absolute atomic E-state index is 0.117. The first-order valence-electron chi connectivity index (χ1n) is 8.26. The number of hydrogen-bond donors (Lipinski definition) is 1. The molecule has 0 spiro atoms. The van der Waals surface area contributed by atoms with Gasteiger partial charge in [-0.3, -0.25) is 4.79 Å². The lowest BCUT2D eigenvalue weighted by atomic mass is 9.72. The van der Waals surface area contributed by atoms with Gasteiger partial charge >= 0.3 is 0 Å². The van der Waals surface area contributed by atoms with Gasteiger partial charge in [-0.15, -0.1) is 11.3 Å². The van der Waals surface area contributed by atoms with E-state index in [1.807, 2.05) is 0 Å². The van der Waals surface area contributed by atoms with Crippen LogP contribution in [0.4, 0.5) is 5.00 Å². The van der Waals surface area contributed by atoms with Gasteiger partial charge in [0.2, 0.25) is 5.91 Å². The number of anilines is 1. The standard InChI is InChI=1S/C18H24N2O3S/c1-18(2,3)11-7-8-12-13(10-19)17(24-14(12)9-11)20-15(21)5-4-6-16(22)23/h11H,4-9H2,1-3H3,(H,20,21)(H,22,23)/p-1/t11-/m1/s1. The number of thiophene rings is 1. The maximum atomic E-state index is 12.0. The highest BCUT2D eigenvalue weighted by atomic mass is 32.1. The van der Waals surface area contributed by atoms with E-state index < -0.39 is 5.97 Å². The van der Waals surface area contributed by atoms with Gasteiger partial charge in [0.05, 0.1) is 5.56 Å². The molecule has 1 aliphatic rings. The number of carbonyl (C=O) groups is 2. The summed E-state index contributed by atoms with van der Waals surface area (Å²) < 4.78 is 0. The largest absolute Gasteiger partial charge is 0.550 e. The molecule has 0 aromatic carbocycles. The lowest BCUT2D eigenvalue weighted by Crippen LogP contribution is -2.26. The van der Waals surface area contributed by atoms with Crippen molar-refractivity contribution in [1.29, 1.82) is 5.26 Å². The van der Waals surface area contributed by atoms with Gasteiger partial charge in [0, 0.05) is 17.3 Å². The Morgan fingerprint density at radius 3 is 2.67 bits per heavy atom. The molecule has 0 saturated carbocycles. The first-order valence-corrected chi connectivity index (χ1v) is 9.08. The SMILES string of the molecule is CC(C)(C)[C@@H]1CCc2c(sc(NC(=O)CCCC(=O)[O-])c2C#N)C1. The first-order chi connectivity index (χ1) is 11.2. The van der Waals surface area contributed by atoms with Crippen LogP contribution in [0.15, 0.2) is 0 Å². The van der Waals surface area contributed by atoms with E-state index in [-0.39, 0.29) is 30.6 Å². The third-order valence-corrected chi connectivity index (χ3v) is 5.81. The van der Waals surface area contributed by atoms with Crippen LogP contribution in [0.25, 0.3) is 0 Å². The van der Waals surface area contributed by atoms with Crippen LogP contribution in [-0.2, 0) is 22.4 Å². The van der Waals surface area contributed by atoms with Crippen molar-refractivity contribution in [3.05, 3.63) is 16.0 Å². The van der Waals surface area contributed by atoms with Crippen LogP contribution in [0.1, 0.15) is 62.5 Å². The molecule has 6 heteroatoms. The predicted molar refractivity (Wildman–Crippen MR) is 91.5 cm³/mol. The van der Waals surface area contributed by atoms with Crippen molar-refractivity contribution < 1.29 is 14.7 Å². The Kier molecular flexibility index (Phi) is 5.66. The van der Waals surface area contributed by atoms with E-state index in [4.69, 9.17) is 0 Å². The molecule has 1 aromatic rings. The fourth-order valence-corrected chi connectivity index (χ4v) is 4.41. The molecule has 1 aliphatic carbocycles. The molecule has 1 atom stereocenters. The summed E-state index contributed by atoms with van der Waals surface area (Å²) in [7, 11) is 0. The van der Waals surface area contributed by atoms with E-state index in [1.54, 1.807) is 0 Å². The minimum Gasteiger partial charge on any atom is -0.550 e. The fraction of sp³-hybridized carbons (Fsp3) is 0.611. The van der Waals surface area contributed by atoms with Gasteiger partial charge in [0.25, 0.3) is 0 Å². The number of nitrogens with one attached hydrogen (secondary N) is 1. The number of carbonyl (C=O) groups excluding carboxylic acids is 2. The zero-order valence-electron chi connectivity index (χ0n) is 14.4. The highest BCUT2D eigenvalue weighted by molar-refractivity contribution is 7.16. The van der Waals surface area contributed by atoms with Crippen molar-refractivity contribution in [3.8, 4) is 6.07 Å². The molecule has 0 aliphatic heterocycles. The molecule has 2 rings (SSSR count). The lowest BCUT2D eigenvalue weighted by molar-refractivity contribution is -0.305. The molecule has 130 valence electrons. The van der Waals surface area contributed by atoms with Crippen LogP contribution in [0, 0.1) is 22.7 Å². The summed E-state index contributed by atoms with van der Waals surface area (Å²) >= 11 is 1.49. The van der Waals surface area contributed by atoms with Crippen molar-refractivity contribution >= 4 is 28.2 Å². The zero-order chi connectivity index (χ0) is 17.9. The highest BCUT2D eigenvalue weighted by Crippen LogP contribution is 2.43. The van der Waals surface area contributed by atoms with E-state index in [1.165, 1.54) is 16.2 Å². The van der Waals surface area contributed by atoms with E-state index in [9.17, 15) is 20.0 Å². The highest BCUT2D eigenvalue weighted by Gasteiger charge is 2.32. The van der Waals surface area contributed by atoms with E-state index in [0.29, 0.717) is 16.5 Å². The lowest BCUT2D eigenvalue weighted by Gasteiger charge is -2.33. The number of fused-ring (bicyclic) bond motifs is 1. The molecule has 5 nitrogen and oxygen atoms in total. The normalized spacial score (nSPS) is 17.0. The summed E-state index contributed by atoms with van der Waals surface area (Å²) in [5.41, 5.74) is 1.88. The van der Waals surface area contributed by atoms with E-state index >= 15 is 0 Å².